The number of benzene rings is 2. The van der Waals surface area contributed by atoms with Crippen LogP contribution in [-0.2, 0) is 13.2 Å². The number of anilines is 1. The normalized spacial score (nSPS) is 11.2. The van der Waals surface area contributed by atoms with Crippen molar-refractivity contribution in [1.82, 2.24) is 29.3 Å². The minimum absolute atomic E-state index is 0.301. The molecule has 5 rings (SSSR count). The first-order valence-corrected chi connectivity index (χ1v) is 10.9. The van der Waals surface area contributed by atoms with E-state index in [1.165, 1.54) is 10.8 Å². The Labute approximate surface area is 195 Å². The third-order valence-electron chi connectivity index (χ3n) is 5.55. The molecule has 5 aromatic rings. The fraction of sp³-hybridized carbons (Fsp3) is 0.167. The second-order valence-corrected chi connectivity index (χ2v) is 8.26. The third kappa shape index (κ3) is 4.25. The Balaban J connectivity index is 1.26. The van der Waals surface area contributed by atoms with Crippen LogP contribution < -0.4 is 5.32 Å². The number of hydrogen-bond acceptors (Lipinski definition) is 4. The van der Waals surface area contributed by atoms with E-state index in [9.17, 15) is 4.79 Å². The highest BCUT2D eigenvalue weighted by Gasteiger charge is 2.14. The lowest BCUT2D eigenvalue weighted by molar-refractivity contribution is 0.102. The Hall–Kier alpha value is -3.91. The van der Waals surface area contributed by atoms with Gasteiger partial charge in [0.2, 0.25) is 0 Å². The largest absolute Gasteiger partial charge is 0.318 e. The van der Waals surface area contributed by atoms with Gasteiger partial charge in [0.15, 0.2) is 5.69 Å². The summed E-state index contributed by atoms with van der Waals surface area (Å²) in [6.07, 6.45) is 5.19. The highest BCUT2D eigenvalue weighted by Crippen LogP contribution is 2.20. The van der Waals surface area contributed by atoms with E-state index >= 15 is 0 Å². The average molecular weight is 460 g/mol. The van der Waals surface area contributed by atoms with Gasteiger partial charge in [-0.15, -0.1) is 0 Å². The van der Waals surface area contributed by atoms with E-state index in [-0.39, 0.29) is 5.91 Å². The van der Waals surface area contributed by atoms with Crippen molar-refractivity contribution < 1.29 is 4.79 Å². The van der Waals surface area contributed by atoms with Crippen LogP contribution in [0.25, 0.3) is 10.8 Å². The number of fused-ring (bicyclic) bond motifs is 1. The maximum absolute atomic E-state index is 12.7. The molecule has 3 heterocycles. The quantitative estimate of drug-likeness (QED) is 0.405. The van der Waals surface area contributed by atoms with Crippen LogP contribution in [0.2, 0.25) is 5.02 Å². The lowest BCUT2D eigenvalue weighted by Gasteiger charge is -2.06. The highest BCUT2D eigenvalue weighted by atomic mass is 35.5. The SMILES string of the molecule is Cc1nn(Cn2ccc(C(=O)Nc3cnn(Cc4cccc5ccccc45)c3)n2)c(C)c1Cl. The van der Waals surface area contributed by atoms with Gasteiger partial charge in [-0.1, -0.05) is 54.1 Å². The van der Waals surface area contributed by atoms with Crippen molar-refractivity contribution >= 4 is 34.0 Å². The van der Waals surface area contributed by atoms with Gasteiger partial charge < -0.3 is 5.32 Å². The first-order chi connectivity index (χ1) is 16.0. The Kier molecular flexibility index (Phi) is 5.43. The summed E-state index contributed by atoms with van der Waals surface area (Å²) in [5.41, 5.74) is 3.70. The fourth-order valence-corrected chi connectivity index (χ4v) is 3.96. The van der Waals surface area contributed by atoms with Crippen LogP contribution in [0.4, 0.5) is 5.69 Å². The molecule has 0 saturated carbocycles. The van der Waals surface area contributed by atoms with Crippen LogP contribution in [0.5, 0.6) is 0 Å². The maximum atomic E-state index is 12.7. The molecule has 9 heteroatoms. The number of amides is 1. The van der Waals surface area contributed by atoms with E-state index in [1.807, 2.05) is 42.9 Å². The summed E-state index contributed by atoms with van der Waals surface area (Å²) in [7, 11) is 0. The summed E-state index contributed by atoms with van der Waals surface area (Å²) >= 11 is 6.21. The number of nitrogens with zero attached hydrogens (tertiary/aromatic N) is 6. The smallest absolute Gasteiger partial charge is 0.276 e. The molecule has 1 N–H and O–H groups in total. The van der Waals surface area contributed by atoms with E-state index in [4.69, 9.17) is 11.6 Å². The van der Waals surface area contributed by atoms with E-state index in [0.29, 0.717) is 29.6 Å². The molecule has 0 fully saturated rings. The predicted octanol–water partition coefficient (Wildman–Crippen LogP) is 4.51. The summed E-state index contributed by atoms with van der Waals surface area (Å²) in [6.45, 7) is 4.73. The van der Waals surface area contributed by atoms with E-state index in [1.54, 1.807) is 27.8 Å². The Morgan fingerprint density at radius 2 is 1.85 bits per heavy atom. The molecule has 2 aromatic carbocycles. The predicted molar refractivity (Wildman–Crippen MR) is 128 cm³/mol. The van der Waals surface area contributed by atoms with Crippen molar-refractivity contribution in [3.63, 3.8) is 0 Å². The fourth-order valence-electron chi connectivity index (χ4n) is 3.83. The summed E-state index contributed by atoms with van der Waals surface area (Å²) in [6, 6.07) is 16.2. The van der Waals surface area contributed by atoms with Crippen LogP contribution in [-0.4, -0.2) is 35.2 Å². The van der Waals surface area contributed by atoms with Gasteiger partial charge in [0.05, 0.1) is 34.8 Å². The van der Waals surface area contributed by atoms with Crippen LogP contribution in [0.1, 0.15) is 27.4 Å². The molecule has 0 aliphatic rings. The zero-order chi connectivity index (χ0) is 22.9. The molecule has 0 radical (unpaired) electrons. The summed E-state index contributed by atoms with van der Waals surface area (Å²) in [5.74, 6) is -0.301. The van der Waals surface area contributed by atoms with Crippen molar-refractivity contribution in [1.29, 1.82) is 0 Å². The molecule has 0 atom stereocenters. The first-order valence-electron chi connectivity index (χ1n) is 10.5. The molecule has 0 aliphatic heterocycles. The molecule has 0 spiro atoms. The van der Waals surface area contributed by atoms with Gasteiger partial charge in [-0.25, -0.2) is 4.68 Å². The number of rotatable bonds is 6. The molecule has 3 aromatic heterocycles. The highest BCUT2D eigenvalue weighted by molar-refractivity contribution is 6.31. The molecule has 33 heavy (non-hydrogen) atoms. The van der Waals surface area contributed by atoms with Crippen molar-refractivity contribution in [3.8, 4) is 0 Å². The van der Waals surface area contributed by atoms with Gasteiger partial charge in [-0.05, 0) is 36.2 Å². The summed E-state index contributed by atoms with van der Waals surface area (Å²) in [4.78, 5) is 12.7. The van der Waals surface area contributed by atoms with Crippen LogP contribution in [0.3, 0.4) is 0 Å². The molecule has 0 saturated heterocycles. The molecule has 8 nitrogen and oxygen atoms in total. The Morgan fingerprint density at radius 3 is 2.67 bits per heavy atom. The lowest BCUT2D eigenvalue weighted by atomic mass is 10.0. The standard InChI is InChI=1S/C24H22ClN7O/c1-16-23(25)17(2)32(28-16)15-30-11-10-22(29-30)24(33)27-20-12-26-31(14-20)13-19-8-5-7-18-6-3-4-9-21(18)19/h3-12,14H,13,15H2,1-2H3,(H,27,33). The van der Waals surface area contributed by atoms with E-state index in [0.717, 1.165) is 17.0 Å². The van der Waals surface area contributed by atoms with Gasteiger partial charge in [-0.2, -0.15) is 15.3 Å². The monoisotopic (exact) mass is 459 g/mol. The van der Waals surface area contributed by atoms with Crippen LogP contribution in [0.15, 0.2) is 67.1 Å². The number of halogens is 1. The van der Waals surface area contributed by atoms with Crippen molar-refractivity contribution in [2.75, 3.05) is 5.32 Å². The first kappa shape index (κ1) is 21.0. The third-order valence-corrected chi connectivity index (χ3v) is 6.10. The summed E-state index contributed by atoms with van der Waals surface area (Å²) < 4.78 is 5.21. The maximum Gasteiger partial charge on any atom is 0.276 e. The van der Waals surface area contributed by atoms with Gasteiger partial charge in [-0.3, -0.25) is 14.2 Å². The minimum atomic E-state index is -0.301. The number of aryl methyl sites for hydroxylation is 1. The van der Waals surface area contributed by atoms with Gasteiger partial charge in [0.25, 0.3) is 5.91 Å². The zero-order valence-electron chi connectivity index (χ0n) is 18.2. The minimum Gasteiger partial charge on any atom is -0.318 e. The van der Waals surface area contributed by atoms with Gasteiger partial charge >= 0.3 is 0 Å². The van der Waals surface area contributed by atoms with Crippen LogP contribution in [0, 0.1) is 13.8 Å². The van der Waals surface area contributed by atoms with Crippen molar-refractivity contribution in [2.24, 2.45) is 0 Å². The number of hydrogen-bond donors (Lipinski definition) is 1. The second kappa shape index (κ2) is 8.55. The van der Waals surface area contributed by atoms with Gasteiger partial charge in [0.1, 0.15) is 6.67 Å². The van der Waals surface area contributed by atoms with E-state index < -0.39 is 0 Å². The molecule has 0 bridgehead atoms. The van der Waals surface area contributed by atoms with Crippen LogP contribution >= 0.6 is 11.6 Å². The summed E-state index contributed by atoms with van der Waals surface area (Å²) in [5, 5.41) is 19.0. The second-order valence-electron chi connectivity index (χ2n) is 7.89. The molecular formula is C24H22ClN7O. The van der Waals surface area contributed by atoms with E-state index in [2.05, 4.69) is 44.9 Å². The number of carbonyl (C=O) groups is 1. The number of carbonyl (C=O) groups excluding carboxylic acids is 1. The average Bonchev–Trinajstić information content (AvgIpc) is 3.52. The van der Waals surface area contributed by atoms with Gasteiger partial charge in [0, 0.05) is 12.4 Å². The molecule has 0 aliphatic carbocycles. The number of nitrogens with one attached hydrogen (secondary N) is 1. The molecule has 0 unspecified atom stereocenters. The number of aromatic nitrogens is 6. The Bertz CT molecular complexity index is 1460. The molecule has 1 amide bonds. The Morgan fingerprint density at radius 1 is 1.03 bits per heavy atom. The molecule has 166 valence electrons. The zero-order valence-corrected chi connectivity index (χ0v) is 19.0. The van der Waals surface area contributed by atoms with Crippen molar-refractivity contribution in [2.45, 2.75) is 27.1 Å². The van der Waals surface area contributed by atoms with Crippen molar-refractivity contribution in [3.05, 3.63) is 94.8 Å². The topological polar surface area (TPSA) is 82.6 Å². The molecular weight excluding hydrogens is 438 g/mol. The lowest BCUT2D eigenvalue weighted by Crippen LogP contribution is -2.15.